The van der Waals surface area contributed by atoms with E-state index in [1.807, 2.05) is 18.4 Å². The summed E-state index contributed by atoms with van der Waals surface area (Å²) in [7, 11) is 0. The summed E-state index contributed by atoms with van der Waals surface area (Å²) in [5, 5.41) is 22.5. The van der Waals surface area contributed by atoms with Crippen molar-refractivity contribution in [3.63, 3.8) is 0 Å². The standard InChI is InChI=1S/C9H18N6O/c1-3-7(9(10)14-16)11-5-8-13-12-6-15(8)4-2/h6-7,11,16H,3-5H2,1-2H3,(H2,10,14). The zero-order valence-corrected chi connectivity index (χ0v) is 9.59. The van der Waals surface area contributed by atoms with E-state index in [-0.39, 0.29) is 11.9 Å². The molecule has 0 saturated heterocycles. The molecular formula is C9H18N6O. The SMILES string of the molecule is CCC(NCc1nncn1CC)C(N)=NO. The van der Waals surface area contributed by atoms with E-state index in [1.54, 1.807) is 6.33 Å². The van der Waals surface area contributed by atoms with Crippen LogP contribution in [0, 0.1) is 0 Å². The molecule has 1 atom stereocenters. The fourth-order valence-corrected chi connectivity index (χ4v) is 1.42. The van der Waals surface area contributed by atoms with E-state index in [9.17, 15) is 0 Å². The van der Waals surface area contributed by atoms with Crippen molar-refractivity contribution in [1.82, 2.24) is 20.1 Å². The Labute approximate surface area is 94.3 Å². The van der Waals surface area contributed by atoms with Crippen LogP contribution in [-0.4, -0.2) is 31.8 Å². The Morgan fingerprint density at radius 2 is 2.44 bits per heavy atom. The van der Waals surface area contributed by atoms with Gasteiger partial charge in [-0.3, -0.25) is 0 Å². The van der Waals surface area contributed by atoms with Gasteiger partial charge in [0.1, 0.15) is 12.2 Å². The van der Waals surface area contributed by atoms with Gasteiger partial charge in [0, 0.05) is 6.54 Å². The predicted octanol–water partition coefficient (Wildman–Crippen LogP) is -0.0874. The summed E-state index contributed by atoms with van der Waals surface area (Å²) < 4.78 is 1.94. The molecule has 90 valence electrons. The second kappa shape index (κ2) is 6.06. The van der Waals surface area contributed by atoms with Crippen LogP contribution in [0.1, 0.15) is 26.1 Å². The Balaban J connectivity index is 2.56. The summed E-state index contributed by atoms with van der Waals surface area (Å²) in [6, 6.07) is -0.146. The molecule has 1 aromatic heterocycles. The molecule has 0 saturated carbocycles. The maximum atomic E-state index is 8.58. The normalized spacial score (nSPS) is 14.0. The van der Waals surface area contributed by atoms with Gasteiger partial charge in [0.05, 0.1) is 12.6 Å². The van der Waals surface area contributed by atoms with Crippen molar-refractivity contribution in [3.05, 3.63) is 12.2 Å². The third-order valence-corrected chi connectivity index (χ3v) is 2.42. The zero-order valence-electron chi connectivity index (χ0n) is 9.59. The van der Waals surface area contributed by atoms with Crippen molar-refractivity contribution < 1.29 is 5.21 Å². The predicted molar refractivity (Wildman–Crippen MR) is 60.0 cm³/mol. The van der Waals surface area contributed by atoms with Crippen LogP contribution in [0.5, 0.6) is 0 Å². The summed E-state index contributed by atoms with van der Waals surface area (Å²) >= 11 is 0. The number of aromatic nitrogens is 3. The summed E-state index contributed by atoms with van der Waals surface area (Å²) in [5.74, 6) is 1.02. The van der Waals surface area contributed by atoms with Crippen LogP contribution in [-0.2, 0) is 13.1 Å². The monoisotopic (exact) mass is 226 g/mol. The summed E-state index contributed by atoms with van der Waals surface area (Å²) in [4.78, 5) is 0. The topological polar surface area (TPSA) is 101 Å². The summed E-state index contributed by atoms with van der Waals surface area (Å²) in [6.45, 7) is 5.35. The lowest BCUT2D eigenvalue weighted by Gasteiger charge is -2.14. The second-order valence-electron chi connectivity index (χ2n) is 3.40. The van der Waals surface area contributed by atoms with Crippen LogP contribution in [0.25, 0.3) is 0 Å². The molecule has 0 spiro atoms. The van der Waals surface area contributed by atoms with Crippen LogP contribution >= 0.6 is 0 Å². The zero-order chi connectivity index (χ0) is 12.0. The molecule has 16 heavy (non-hydrogen) atoms. The van der Waals surface area contributed by atoms with Crippen molar-refractivity contribution >= 4 is 5.84 Å². The van der Waals surface area contributed by atoms with Crippen LogP contribution in [0.2, 0.25) is 0 Å². The lowest BCUT2D eigenvalue weighted by atomic mass is 10.2. The second-order valence-corrected chi connectivity index (χ2v) is 3.40. The molecule has 0 fully saturated rings. The molecule has 0 aliphatic heterocycles. The summed E-state index contributed by atoms with van der Waals surface area (Å²) in [6.07, 6.45) is 2.43. The molecule has 0 bridgehead atoms. The van der Waals surface area contributed by atoms with E-state index in [1.165, 1.54) is 0 Å². The van der Waals surface area contributed by atoms with E-state index in [0.717, 1.165) is 18.8 Å². The third kappa shape index (κ3) is 2.93. The Hall–Kier alpha value is -1.63. The van der Waals surface area contributed by atoms with Gasteiger partial charge in [0.15, 0.2) is 5.84 Å². The van der Waals surface area contributed by atoms with E-state index >= 15 is 0 Å². The van der Waals surface area contributed by atoms with Crippen molar-refractivity contribution in [1.29, 1.82) is 0 Å². The van der Waals surface area contributed by atoms with Gasteiger partial charge in [-0.1, -0.05) is 12.1 Å². The molecule has 0 aromatic carbocycles. The van der Waals surface area contributed by atoms with Crippen LogP contribution in [0.4, 0.5) is 0 Å². The van der Waals surface area contributed by atoms with Gasteiger partial charge in [-0.25, -0.2) is 0 Å². The van der Waals surface area contributed by atoms with Gasteiger partial charge in [-0.15, -0.1) is 10.2 Å². The number of rotatable bonds is 6. The molecule has 0 radical (unpaired) electrons. The van der Waals surface area contributed by atoms with Crippen molar-refractivity contribution in [2.24, 2.45) is 10.9 Å². The number of hydrogen-bond donors (Lipinski definition) is 3. The molecule has 1 aromatic rings. The maximum absolute atomic E-state index is 8.58. The number of nitrogens with one attached hydrogen (secondary N) is 1. The number of oxime groups is 1. The first-order chi connectivity index (χ1) is 7.72. The number of amidine groups is 1. The third-order valence-electron chi connectivity index (χ3n) is 2.42. The smallest absolute Gasteiger partial charge is 0.156 e. The molecular weight excluding hydrogens is 208 g/mol. The molecule has 0 amide bonds. The highest BCUT2D eigenvalue weighted by Gasteiger charge is 2.12. The van der Waals surface area contributed by atoms with Gasteiger partial charge in [-0.2, -0.15) is 0 Å². The largest absolute Gasteiger partial charge is 0.409 e. The van der Waals surface area contributed by atoms with Crippen molar-refractivity contribution in [2.45, 2.75) is 39.4 Å². The summed E-state index contributed by atoms with van der Waals surface area (Å²) in [5.41, 5.74) is 5.53. The van der Waals surface area contributed by atoms with E-state index < -0.39 is 0 Å². The van der Waals surface area contributed by atoms with Gasteiger partial charge in [-0.05, 0) is 13.3 Å². The van der Waals surface area contributed by atoms with E-state index in [2.05, 4.69) is 20.7 Å². The van der Waals surface area contributed by atoms with Crippen LogP contribution in [0.15, 0.2) is 11.5 Å². The van der Waals surface area contributed by atoms with Crippen molar-refractivity contribution in [3.8, 4) is 0 Å². The minimum Gasteiger partial charge on any atom is -0.409 e. The Bertz CT molecular complexity index is 348. The highest BCUT2D eigenvalue weighted by Crippen LogP contribution is 1.97. The van der Waals surface area contributed by atoms with Gasteiger partial charge >= 0.3 is 0 Å². The molecule has 7 heteroatoms. The first kappa shape index (κ1) is 12.4. The van der Waals surface area contributed by atoms with Crippen molar-refractivity contribution in [2.75, 3.05) is 0 Å². The molecule has 7 nitrogen and oxygen atoms in total. The number of nitrogens with zero attached hydrogens (tertiary/aromatic N) is 4. The van der Waals surface area contributed by atoms with Gasteiger partial charge < -0.3 is 20.8 Å². The Kier molecular flexibility index (Phi) is 4.71. The van der Waals surface area contributed by atoms with E-state index in [4.69, 9.17) is 10.9 Å². The highest BCUT2D eigenvalue weighted by molar-refractivity contribution is 5.85. The maximum Gasteiger partial charge on any atom is 0.156 e. The van der Waals surface area contributed by atoms with Crippen LogP contribution in [0.3, 0.4) is 0 Å². The molecule has 1 heterocycles. The Morgan fingerprint density at radius 1 is 1.69 bits per heavy atom. The lowest BCUT2D eigenvalue weighted by molar-refractivity contribution is 0.314. The van der Waals surface area contributed by atoms with E-state index in [0.29, 0.717) is 6.54 Å². The molecule has 0 aliphatic rings. The quantitative estimate of drug-likeness (QED) is 0.272. The van der Waals surface area contributed by atoms with Gasteiger partial charge in [0.25, 0.3) is 0 Å². The fraction of sp³-hybridized carbons (Fsp3) is 0.667. The molecule has 1 rings (SSSR count). The number of hydrogen-bond acceptors (Lipinski definition) is 5. The lowest BCUT2D eigenvalue weighted by Crippen LogP contribution is -2.41. The minimum atomic E-state index is -0.146. The minimum absolute atomic E-state index is 0.146. The highest BCUT2D eigenvalue weighted by atomic mass is 16.4. The fourth-order valence-electron chi connectivity index (χ4n) is 1.42. The Morgan fingerprint density at radius 3 is 3.00 bits per heavy atom. The number of aryl methyl sites for hydroxylation is 1. The molecule has 1 unspecified atom stereocenters. The molecule has 4 N–H and O–H groups in total. The number of nitrogens with two attached hydrogens (primary N) is 1. The molecule has 0 aliphatic carbocycles. The average molecular weight is 226 g/mol. The average Bonchev–Trinajstić information content (AvgIpc) is 2.76. The van der Waals surface area contributed by atoms with Crippen LogP contribution < -0.4 is 11.1 Å². The van der Waals surface area contributed by atoms with Gasteiger partial charge in [0.2, 0.25) is 0 Å². The first-order valence-electron chi connectivity index (χ1n) is 5.30. The first-order valence-corrected chi connectivity index (χ1v) is 5.30.